The van der Waals surface area contributed by atoms with Gasteiger partial charge in [0.15, 0.2) is 6.04 Å². The fourth-order valence-corrected chi connectivity index (χ4v) is 1.53. The van der Waals surface area contributed by atoms with E-state index in [9.17, 15) is 24.3 Å². The lowest BCUT2D eigenvalue weighted by atomic mass is 10.1. The minimum Gasteiger partial charge on any atom is -0.481 e. The highest BCUT2D eigenvalue weighted by Gasteiger charge is 2.30. The van der Waals surface area contributed by atoms with Crippen molar-refractivity contribution in [2.24, 2.45) is 5.73 Å². The first kappa shape index (κ1) is 20.8. The Labute approximate surface area is 131 Å². The standard InChI is InChI=1S/C12H21N3O8/c1-5(17)9(12(22)23)15-11(21)7(4-16)14-10(20)6(13)2-3-8(18)19/h5-7,9,16-17H,2-4,13H2,1H3,(H,14,20)(H,15,21)(H,18,19)(H,22,23). The minimum absolute atomic E-state index is 0.174. The Morgan fingerprint density at radius 1 is 1.09 bits per heavy atom. The van der Waals surface area contributed by atoms with Gasteiger partial charge in [-0.25, -0.2) is 4.79 Å². The minimum atomic E-state index is -1.62. The molecule has 0 aliphatic carbocycles. The molecule has 0 aliphatic heterocycles. The lowest BCUT2D eigenvalue weighted by Crippen LogP contribution is -2.57. The highest BCUT2D eigenvalue weighted by Crippen LogP contribution is 1.98. The molecule has 4 atom stereocenters. The third kappa shape index (κ3) is 7.54. The number of aliphatic hydroxyl groups is 2. The van der Waals surface area contributed by atoms with Crippen molar-refractivity contribution in [2.75, 3.05) is 6.61 Å². The van der Waals surface area contributed by atoms with E-state index in [0.717, 1.165) is 6.92 Å². The molecule has 0 saturated carbocycles. The summed E-state index contributed by atoms with van der Waals surface area (Å²) in [5.41, 5.74) is 5.44. The lowest BCUT2D eigenvalue weighted by Gasteiger charge is -2.22. The van der Waals surface area contributed by atoms with Crippen molar-refractivity contribution >= 4 is 23.8 Å². The molecule has 0 spiro atoms. The Kier molecular flexibility index (Phi) is 8.77. The molecular formula is C12H21N3O8. The maximum atomic E-state index is 11.8. The molecule has 0 aromatic rings. The van der Waals surface area contributed by atoms with Gasteiger partial charge in [0, 0.05) is 6.42 Å². The van der Waals surface area contributed by atoms with Gasteiger partial charge in [-0.1, -0.05) is 0 Å². The zero-order valence-corrected chi connectivity index (χ0v) is 12.4. The zero-order valence-electron chi connectivity index (χ0n) is 12.4. The molecule has 0 bridgehead atoms. The van der Waals surface area contributed by atoms with Gasteiger partial charge < -0.3 is 36.8 Å². The van der Waals surface area contributed by atoms with Crippen LogP contribution in [-0.4, -0.2) is 75.0 Å². The van der Waals surface area contributed by atoms with Crippen molar-refractivity contribution in [3.8, 4) is 0 Å². The van der Waals surface area contributed by atoms with Gasteiger partial charge in [0.25, 0.3) is 0 Å². The number of nitrogens with two attached hydrogens (primary N) is 1. The van der Waals surface area contributed by atoms with Gasteiger partial charge in [-0.15, -0.1) is 0 Å². The van der Waals surface area contributed by atoms with E-state index in [1.165, 1.54) is 0 Å². The van der Waals surface area contributed by atoms with E-state index >= 15 is 0 Å². The molecule has 0 aromatic carbocycles. The lowest BCUT2D eigenvalue weighted by molar-refractivity contribution is -0.145. The molecule has 0 heterocycles. The van der Waals surface area contributed by atoms with Crippen LogP contribution in [0.3, 0.4) is 0 Å². The Balaban J connectivity index is 4.69. The number of amides is 2. The molecule has 0 rings (SSSR count). The predicted molar refractivity (Wildman–Crippen MR) is 75.1 cm³/mol. The summed E-state index contributed by atoms with van der Waals surface area (Å²) >= 11 is 0. The number of rotatable bonds is 10. The van der Waals surface area contributed by atoms with Gasteiger partial charge in [0.2, 0.25) is 11.8 Å². The van der Waals surface area contributed by atoms with Crippen molar-refractivity contribution in [2.45, 2.75) is 44.0 Å². The molecule has 0 fully saturated rings. The Bertz CT molecular complexity index is 454. The van der Waals surface area contributed by atoms with Crippen molar-refractivity contribution in [3.63, 3.8) is 0 Å². The quantitative estimate of drug-likeness (QED) is 0.212. The molecule has 0 aromatic heterocycles. The molecule has 8 N–H and O–H groups in total. The van der Waals surface area contributed by atoms with Crippen LogP contribution in [0.1, 0.15) is 19.8 Å². The van der Waals surface area contributed by atoms with E-state index in [1.54, 1.807) is 0 Å². The van der Waals surface area contributed by atoms with E-state index in [1.807, 2.05) is 5.32 Å². The van der Waals surface area contributed by atoms with Gasteiger partial charge in [0.05, 0.1) is 18.8 Å². The molecule has 4 unspecified atom stereocenters. The molecular weight excluding hydrogens is 314 g/mol. The van der Waals surface area contributed by atoms with E-state index in [-0.39, 0.29) is 12.8 Å². The van der Waals surface area contributed by atoms with E-state index < -0.39 is 54.6 Å². The SMILES string of the molecule is CC(O)C(NC(=O)C(CO)NC(=O)C(N)CCC(=O)O)C(=O)O. The number of aliphatic carboxylic acids is 2. The van der Waals surface area contributed by atoms with Crippen molar-refractivity contribution in [1.29, 1.82) is 0 Å². The van der Waals surface area contributed by atoms with Crippen molar-refractivity contribution < 1.29 is 39.6 Å². The van der Waals surface area contributed by atoms with Gasteiger partial charge in [0.1, 0.15) is 6.04 Å². The van der Waals surface area contributed by atoms with Crippen LogP contribution in [0.4, 0.5) is 0 Å². The number of carbonyl (C=O) groups excluding carboxylic acids is 2. The number of carboxylic acid groups (broad SMARTS) is 2. The monoisotopic (exact) mass is 335 g/mol. The molecule has 11 heteroatoms. The van der Waals surface area contributed by atoms with Crippen molar-refractivity contribution in [1.82, 2.24) is 10.6 Å². The second kappa shape index (κ2) is 9.71. The largest absolute Gasteiger partial charge is 0.481 e. The fourth-order valence-electron chi connectivity index (χ4n) is 1.53. The highest BCUT2D eigenvalue weighted by atomic mass is 16.4. The molecule has 0 radical (unpaired) electrons. The third-order valence-corrected chi connectivity index (χ3v) is 2.87. The summed E-state index contributed by atoms with van der Waals surface area (Å²) in [6.45, 7) is 0.308. The summed E-state index contributed by atoms with van der Waals surface area (Å²) < 4.78 is 0. The zero-order chi connectivity index (χ0) is 18.2. The molecule has 23 heavy (non-hydrogen) atoms. The number of nitrogens with one attached hydrogen (secondary N) is 2. The van der Waals surface area contributed by atoms with Crippen LogP contribution in [0.15, 0.2) is 0 Å². The summed E-state index contributed by atoms with van der Waals surface area (Å²) in [6, 6.07) is -4.31. The van der Waals surface area contributed by atoms with Crippen LogP contribution in [0.5, 0.6) is 0 Å². The Hall–Kier alpha value is -2.24. The Morgan fingerprint density at radius 3 is 2.04 bits per heavy atom. The first-order chi connectivity index (χ1) is 10.6. The number of carbonyl (C=O) groups is 4. The van der Waals surface area contributed by atoms with E-state index in [4.69, 9.17) is 21.1 Å². The van der Waals surface area contributed by atoms with Crippen LogP contribution >= 0.6 is 0 Å². The topological polar surface area (TPSA) is 199 Å². The van der Waals surface area contributed by atoms with Gasteiger partial charge in [-0.3, -0.25) is 14.4 Å². The smallest absolute Gasteiger partial charge is 0.328 e. The summed E-state index contributed by atoms with van der Waals surface area (Å²) in [5.74, 6) is -4.54. The number of hydrogen-bond acceptors (Lipinski definition) is 7. The average molecular weight is 335 g/mol. The number of carboxylic acids is 2. The van der Waals surface area contributed by atoms with Gasteiger partial charge in [-0.05, 0) is 13.3 Å². The number of aliphatic hydroxyl groups excluding tert-OH is 2. The highest BCUT2D eigenvalue weighted by molar-refractivity contribution is 5.92. The van der Waals surface area contributed by atoms with E-state index in [2.05, 4.69) is 5.32 Å². The van der Waals surface area contributed by atoms with Crippen LogP contribution in [0, 0.1) is 0 Å². The van der Waals surface area contributed by atoms with Crippen LogP contribution in [-0.2, 0) is 19.2 Å². The normalized spacial score (nSPS) is 15.8. The first-order valence-electron chi connectivity index (χ1n) is 6.70. The van der Waals surface area contributed by atoms with Gasteiger partial charge >= 0.3 is 11.9 Å². The molecule has 0 saturated heterocycles. The van der Waals surface area contributed by atoms with E-state index in [0.29, 0.717) is 0 Å². The average Bonchev–Trinajstić information content (AvgIpc) is 2.46. The first-order valence-corrected chi connectivity index (χ1v) is 6.70. The molecule has 2 amide bonds. The second-order valence-electron chi connectivity index (χ2n) is 4.85. The maximum absolute atomic E-state index is 11.8. The maximum Gasteiger partial charge on any atom is 0.328 e. The molecule has 11 nitrogen and oxygen atoms in total. The summed E-state index contributed by atoms with van der Waals surface area (Å²) in [5, 5.41) is 39.7. The van der Waals surface area contributed by atoms with Crippen LogP contribution in [0.25, 0.3) is 0 Å². The second-order valence-corrected chi connectivity index (χ2v) is 4.85. The summed E-state index contributed by atoms with van der Waals surface area (Å²) in [6.07, 6.45) is -1.93. The summed E-state index contributed by atoms with van der Waals surface area (Å²) in [4.78, 5) is 44.8. The van der Waals surface area contributed by atoms with Crippen molar-refractivity contribution in [3.05, 3.63) is 0 Å². The van der Waals surface area contributed by atoms with Gasteiger partial charge in [-0.2, -0.15) is 0 Å². The molecule has 132 valence electrons. The Morgan fingerprint density at radius 2 is 1.65 bits per heavy atom. The summed E-state index contributed by atoms with van der Waals surface area (Å²) in [7, 11) is 0. The third-order valence-electron chi connectivity index (χ3n) is 2.87. The van der Waals surface area contributed by atoms with Crippen LogP contribution < -0.4 is 16.4 Å². The fraction of sp³-hybridized carbons (Fsp3) is 0.667. The molecule has 0 aliphatic rings. The number of hydrogen-bond donors (Lipinski definition) is 7. The van der Waals surface area contributed by atoms with Crippen LogP contribution in [0.2, 0.25) is 0 Å². The predicted octanol–water partition coefficient (Wildman–Crippen LogP) is -3.39.